The minimum absolute atomic E-state index is 0.127. The van der Waals surface area contributed by atoms with Crippen molar-refractivity contribution in [1.29, 1.82) is 0 Å². The molecule has 4 rings (SSSR count). The van der Waals surface area contributed by atoms with Crippen molar-refractivity contribution in [3.63, 3.8) is 0 Å². The molecule has 0 atom stereocenters. The van der Waals surface area contributed by atoms with Crippen molar-refractivity contribution >= 4 is 5.91 Å². The first-order valence-corrected chi connectivity index (χ1v) is 10.9. The van der Waals surface area contributed by atoms with Gasteiger partial charge in [-0.2, -0.15) is 0 Å². The van der Waals surface area contributed by atoms with E-state index in [1.807, 2.05) is 19.1 Å². The fourth-order valence-electron chi connectivity index (χ4n) is 3.90. The number of nitrogens with zero attached hydrogens (tertiary/aromatic N) is 3. The standard InChI is InChI=1S/C25H27FN4O2/c1-2-32-25-20(6-4-12-27-25)17-30-13-10-22(11-14-30)29-24(31)19-8-9-23(28-16-19)18-5-3-7-21(26)15-18/h3-9,12,15-16,22H,2,10-11,13-14,17H2,1H3,(H,29,31). The van der Waals surface area contributed by atoms with Crippen LogP contribution in [0.2, 0.25) is 0 Å². The molecule has 1 aliphatic heterocycles. The van der Waals surface area contributed by atoms with E-state index in [2.05, 4.69) is 20.2 Å². The molecule has 32 heavy (non-hydrogen) atoms. The van der Waals surface area contributed by atoms with Gasteiger partial charge in [-0.3, -0.25) is 14.7 Å². The Bertz CT molecular complexity index is 1050. The summed E-state index contributed by atoms with van der Waals surface area (Å²) in [6.07, 6.45) is 5.05. The summed E-state index contributed by atoms with van der Waals surface area (Å²) < 4.78 is 19.0. The van der Waals surface area contributed by atoms with Crippen LogP contribution in [0.3, 0.4) is 0 Å². The Hall–Kier alpha value is -3.32. The minimum atomic E-state index is -0.310. The third-order valence-corrected chi connectivity index (χ3v) is 5.59. The van der Waals surface area contributed by atoms with Crippen LogP contribution in [0.4, 0.5) is 4.39 Å². The smallest absolute Gasteiger partial charge is 0.253 e. The number of likely N-dealkylation sites (tertiary alicyclic amines) is 1. The molecule has 1 fully saturated rings. The molecule has 1 saturated heterocycles. The predicted octanol–water partition coefficient (Wildman–Crippen LogP) is 4.08. The zero-order valence-electron chi connectivity index (χ0n) is 18.1. The van der Waals surface area contributed by atoms with Crippen LogP contribution in [0.1, 0.15) is 35.7 Å². The van der Waals surface area contributed by atoms with Crippen molar-refractivity contribution in [2.45, 2.75) is 32.4 Å². The summed E-state index contributed by atoms with van der Waals surface area (Å²) in [5.74, 6) is 0.252. The number of benzene rings is 1. The van der Waals surface area contributed by atoms with Crippen LogP contribution < -0.4 is 10.1 Å². The monoisotopic (exact) mass is 434 g/mol. The lowest BCUT2D eigenvalue weighted by molar-refractivity contribution is 0.0908. The van der Waals surface area contributed by atoms with Crippen molar-refractivity contribution in [3.8, 4) is 17.1 Å². The molecule has 7 heteroatoms. The van der Waals surface area contributed by atoms with E-state index in [9.17, 15) is 9.18 Å². The number of carbonyl (C=O) groups excluding carboxylic acids is 1. The number of aromatic nitrogens is 2. The van der Waals surface area contributed by atoms with Gasteiger partial charge in [0.1, 0.15) is 5.82 Å². The number of nitrogens with one attached hydrogen (secondary N) is 1. The summed E-state index contributed by atoms with van der Waals surface area (Å²) in [5.41, 5.74) is 2.91. The average Bonchev–Trinajstić information content (AvgIpc) is 2.82. The normalized spacial score (nSPS) is 14.8. The van der Waals surface area contributed by atoms with Crippen LogP contribution in [0.15, 0.2) is 60.9 Å². The molecule has 0 bridgehead atoms. The molecule has 0 radical (unpaired) electrons. The number of pyridine rings is 2. The Morgan fingerprint density at radius 2 is 2.00 bits per heavy atom. The highest BCUT2D eigenvalue weighted by Crippen LogP contribution is 2.21. The SMILES string of the molecule is CCOc1ncccc1CN1CCC(NC(=O)c2ccc(-c3cccc(F)c3)nc2)CC1. The van der Waals surface area contributed by atoms with Crippen LogP contribution in [0.5, 0.6) is 5.88 Å². The maximum Gasteiger partial charge on any atom is 0.253 e. The van der Waals surface area contributed by atoms with Crippen molar-refractivity contribution in [2.75, 3.05) is 19.7 Å². The molecule has 1 N–H and O–H groups in total. The fraction of sp³-hybridized carbons (Fsp3) is 0.320. The van der Waals surface area contributed by atoms with E-state index in [0.717, 1.165) is 38.0 Å². The lowest BCUT2D eigenvalue weighted by Crippen LogP contribution is -2.44. The second-order valence-corrected chi connectivity index (χ2v) is 7.87. The van der Waals surface area contributed by atoms with Crippen molar-refractivity contribution in [2.24, 2.45) is 0 Å². The number of hydrogen-bond donors (Lipinski definition) is 1. The molecule has 0 unspecified atom stereocenters. The summed E-state index contributed by atoms with van der Waals surface area (Å²) in [6.45, 7) is 5.12. The van der Waals surface area contributed by atoms with E-state index in [1.165, 1.54) is 12.1 Å². The third kappa shape index (κ3) is 5.48. The number of ether oxygens (including phenoxy) is 1. The summed E-state index contributed by atoms with van der Waals surface area (Å²) >= 11 is 0. The van der Waals surface area contributed by atoms with Crippen LogP contribution in [0.25, 0.3) is 11.3 Å². The first-order valence-electron chi connectivity index (χ1n) is 10.9. The van der Waals surface area contributed by atoms with Gasteiger partial charge in [-0.1, -0.05) is 18.2 Å². The first kappa shape index (κ1) is 21.9. The van der Waals surface area contributed by atoms with Gasteiger partial charge in [0.15, 0.2) is 0 Å². The van der Waals surface area contributed by atoms with Gasteiger partial charge >= 0.3 is 0 Å². The van der Waals surface area contributed by atoms with E-state index in [0.29, 0.717) is 29.3 Å². The molecule has 0 saturated carbocycles. The zero-order valence-corrected chi connectivity index (χ0v) is 18.1. The Kier molecular flexibility index (Phi) is 7.07. The van der Waals surface area contributed by atoms with Crippen molar-refractivity contribution in [3.05, 3.63) is 77.9 Å². The predicted molar refractivity (Wildman–Crippen MR) is 121 cm³/mol. The van der Waals surface area contributed by atoms with Gasteiger partial charge in [-0.25, -0.2) is 9.37 Å². The highest BCUT2D eigenvalue weighted by Gasteiger charge is 2.22. The number of halogens is 1. The van der Waals surface area contributed by atoms with E-state index in [4.69, 9.17) is 4.74 Å². The molecule has 1 aliphatic rings. The van der Waals surface area contributed by atoms with Crippen LogP contribution in [-0.4, -0.2) is 46.5 Å². The van der Waals surface area contributed by atoms with Gasteiger partial charge in [0.25, 0.3) is 5.91 Å². The average molecular weight is 435 g/mol. The Labute approximate surface area is 187 Å². The molecule has 0 aliphatic carbocycles. The molecule has 6 nitrogen and oxygen atoms in total. The number of rotatable bonds is 7. The molecule has 166 valence electrons. The highest BCUT2D eigenvalue weighted by atomic mass is 19.1. The van der Waals surface area contributed by atoms with Gasteiger partial charge in [0.2, 0.25) is 5.88 Å². The Morgan fingerprint density at radius 3 is 2.72 bits per heavy atom. The lowest BCUT2D eigenvalue weighted by atomic mass is 10.0. The van der Waals surface area contributed by atoms with E-state index in [-0.39, 0.29) is 17.8 Å². The Morgan fingerprint density at radius 1 is 1.16 bits per heavy atom. The third-order valence-electron chi connectivity index (χ3n) is 5.59. The Balaban J connectivity index is 1.29. The van der Waals surface area contributed by atoms with Gasteiger partial charge < -0.3 is 10.1 Å². The number of piperidine rings is 1. The zero-order chi connectivity index (χ0) is 22.3. The van der Waals surface area contributed by atoms with E-state index >= 15 is 0 Å². The van der Waals surface area contributed by atoms with Crippen LogP contribution in [0, 0.1) is 5.82 Å². The van der Waals surface area contributed by atoms with Gasteiger partial charge in [0.05, 0.1) is 17.9 Å². The van der Waals surface area contributed by atoms with E-state index in [1.54, 1.807) is 36.7 Å². The largest absolute Gasteiger partial charge is 0.478 e. The fourth-order valence-corrected chi connectivity index (χ4v) is 3.90. The first-order chi connectivity index (χ1) is 15.6. The topological polar surface area (TPSA) is 67.3 Å². The number of carbonyl (C=O) groups is 1. The van der Waals surface area contributed by atoms with Gasteiger partial charge in [0, 0.05) is 49.2 Å². The van der Waals surface area contributed by atoms with Crippen molar-refractivity contribution in [1.82, 2.24) is 20.2 Å². The molecule has 3 aromatic rings. The quantitative estimate of drug-likeness (QED) is 0.607. The molecule has 2 aromatic heterocycles. The molecular formula is C25H27FN4O2. The summed E-state index contributed by atoms with van der Waals surface area (Å²) in [6, 6.07) is 13.8. The molecular weight excluding hydrogens is 407 g/mol. The van der Waals surface area contributed by atoms with Gasteiger partial charge in [-0.15, -0.1) is 0 Å². The summed E-state index contributed by atoms with van der Waals surface area (Å²) in [5, 5.41) is 3.12. The lowest BCUT2D eigenvalue weighted by Gasteiger charge is -2.32. The molecule has 3 heterocycles. The van der Waals surface area contributed by atoms with E-state index < -0.39 is 0 Å². The van der Waals surface area contributed by atoms with Gasteiger partial charge in [-0.05, 0) is 50.1 Å². The van der Waals surface area contributed by atoms with Crippen LogP contribution in [-0.2, 0) is 6.54 Å². The maximum absolute atomic E-state index is 13.4. The van der Waals surface area contributed by atoms with Crippen LogP contribution >= 0.6 is 0 Å². The molecule has 0 spiro atoms. The number of hydrogen-bond acceptors (Lipinski definition) is 5. The second-order valence-electron chi connectivity index (χ2n) is 7.87. The van der Waals surface area contributed by atoms with Crippen molar-refractivity contribution < 1.29 is 13.9 Å². The molecule has 1 aromatic carbocycles. The minimum Gasteiger partial charge on any atom is -0.478 e. The maximum atomic E-state index is 13.4. The second kappa shape index (κ2) is 10.3. The molecule has 1 amide bonds. The highest BCUT2D eigenvalue weighted by molar-refractivity contribution is 5.94. The number of amides is 1. The summed E-state index contributed by atoms with van der Waals surface area (Å²) in [7, 11) is 0. The summed E-state index contributed by atoms with van der Waals surface area (Å²) in [4.78, 5) is 23.7.